The summed E-state index contributed by atoms with van der Waals surface area (Å²) >= 11 is 0. The monoisotopic (exact) mass is 395 g/mol. The standard InChI is InChI=1S/C24H17N3O3/c28-17-9-10-20-15(11-17)12-21(25-20)14-5-7-16(8-6-14)26-27-24-19-4-2-1-3-18(19)22(29)13-23(24)30/h1-11,13,28-30H,12H2. The van der Waals surface area contributed by atoms with Gasteiger partial charge in [-0.2, -0.15) is 5.11 Å². The first-order chi connectivity index (χ1) is 14.6. The quantitative estimate of drug-likeness (QED) is 0.368. The SMILES string of the molecule is Oc1ccc2c(c1)CC(c1ccc(N=Nc3c(O)cc(O)c4ccccc34)cc1)=N2. The third-order valence-electron chi connectivity index (χ3n) is 5.12. The first-order valence-corrected chi connectivity index (χ1v) is 9.44. The lowest BCUT2D eigenvalue weighted by Gasteiger charge is -2.06. The number of azo groups is 1. The average Bonchev–Trinajstić information content (AvgIpc) is 3.17. The van der Waals surface area contributed by atoms with Crippen LogP contribution >= 0.6 is 0 Å². The molecule has 0 saturated carbocycles. The van der Waals surface area contributed by atoms with Crippen molar-refractivity contribution in [1.82, 2.24) is 0 Å². The van der Waals surface area contributed by atoms with Crippen LogP contribution in [0.5, 0.6) is 17.2 Å². The minimum absolute atomic E-state index is 0.00180. The van der Waals surface area contributed by atoms with Gasteiger partial charge in [0.15, 0.2) is 0 Å². The van der Waals surface area contributed by atoms with Gasteiger partial charge in [-0.15, -0.1) is 5.11 Å². The molecule has 0 unspecified atom stereocenters. The summed E-state index contributed by atoms with van der Waals surface area (Å²) in [5.74, 6) is 0.108. The normalized spacial score (nSPS) is 13.0. The van der Waals surface area contributed by atoms with Gasteiger partial charge in [0.25, 0.3) is 0 Å². The Balaban J connectivity index is 1.42. The predicted molar refractivity (Wildman–Crippen MR) is 116 cm³/mol. The molecule has 30 heavy (non-hydrogen) atoms. The Morgan fingerprint density at radius 1 is 0.733 bits per heavy atom. The highest BCUT2D eigenvalue weighted by atomic mass is 16.3. The molecule has 0 saturated heterocycles. The van der Waals surface area contributed by atoms with E-state index in [-0.39, 0.29) is 17.2 Å². The Kier molecular flexibility index (Phi) is 4.17. The molecule has 1 heterocycles. The largest absolute Gasteiger partial charge is 0.508 e. The number of aliphatic imine (C=N–C) groups is 1. The van der Waals surface area contributed by atoms with Gasteiger partial charge in [0.1, 0.15) is 22.9 Å². The van der Waals surface area contributed by atoms with E-state index >= 15 is 0 Å². The first-order valence-electron chi connectivity index (χ1n) is 9.44. The number of phenols is 3. The Labute approximate surface area is 172 Å². The molecular formula is C24H17N3O3. The van der Waals surface area contributed by atoms with Crippen molar-refractivity contribution in [1.29, 1.82) is 0 Å². The van der Waals surface area contributed by atoms with E-state index in [1.54, 1.807) is 24.3 Å². The molecule has 0 aromatic heterocycles. The molecule has 4 aromatic carbocycles. The molecule has 0 amide bonds. The van der Waals surface area contributed by atoms with E-state index in [1.807, 2.05) is 42.5 Å². The lowest BCUT2D eigenvalue weighted by molar-refractivity contribution is 0.456. The Hall–Kier alpha value is -4.19. The lowest BCUT2D eigenvalue weighted by Crippen LogP contribution is -1.99. The minimum Gasteiger partial charge on any atom is -0.508 e. The van der Waals surface area contributed by atoms with Crippen molar-refractivity contribution in [3.8, 4) is 17.2 Å². The van der Waals surface area contributed by atoms with Gasteiger partial charge in [-0.05, 0) is 41.5 Å². The van der Waals surface area contributed by atoms with E-state index in [0.717, 1.165) is 22.5 Å². The fraction of sp³-hybridized carbons (Fsp3) is 0.0417. The van der Waals surface area contributed by atoms with Crippen LogP contribution in [0.4, 0.5) is 17.1 Å². The summed E-state index contributed by atoms with van der Waals surface area (Å²) in [7, 11) is 0. The number of benzene rings is 4. The zero-order valence-corrected chi connectivity index (χ0v) is 15.8. The van der Waals surface area contributed by atoms with E-state index < -0.39 is 0 Å². The Morgan fingerprint density at radius 2 is 1.50 bits per heavy atom. The molecule has 3 N–H and O–H groups in total. The predicted octanol–water partition coefficient (Wildman–Crippen LogP) is 6.05. The average molecular weight is 395 g/mol. The molecule has 0 fully saturated rings. The van der Waals surface area contributed by atoms with Crippen LogP contribution in [-0.2, 0) is 6.42 Å². The van der Waals surface area contributed by atoms with Crippen LogP contribution in [0.1, 0.15) is 11.1 Å². The van der Waals surface area contributed by atoms with Crippen LogP contribution in [0.15, 0.2) is 88.0 Å². The van der Waals surface area contributed by atoms with Gasteiger partial charge >= 0.3 is 0 Å². The summed E-state index contributed by atoms with van der Waals surface area (Å²) in [6.45, 7) is 0. The van der Waals surface area contributed by atoms with Crippen molar-refractivity contribution in [3.63, 3.8) is 0 Å². The summed E-state index contributed by atoms with van der Waals surface area (Å²) in [5, 5.41) is 39.6. The second-order valence-corrected chi connectivity index (χ2v) is 7.10. The molecule has 0 radical (unpaired) electrons. The van der Waals surface area contributed by atoms with Crippen molar-refractivity contribution < 1.29 is 15.3 Å². The second kappa shape index (κ2) is 7.00. The molecule has 1 aliphatic rings. The van der Waals surface area contributed by atoms with Crippen molar-refractivity contribution in [3.05, 3.63) is 83.9 Å². The minimum atomic E-state index is -0.132. The number of aromatic hydroxyl groups is 3. The zero-order valence-electron chi connectivity index (χ0n) is 15.8. The number of nitrogens with zero attached hydrogens (tertiary/aromatic N) is 3. The molecule has 6 nitrogen and oxygen atoms in total. The summed E-state index contributed by atoms with van der Waals surface area (Å²) in [6.07, 6.45) is 0.665. The topological polar surface area (TPSA) is 97.8 Å². The van der Waals surface area contributed by atoms with Crippen LogP contribution in [-0.4, -0.2) is 21.0 Å². The van der Waals surface area contributed by atoms with Gasteiger partial charge in [0, 0.05) is 23.3 Å². The maximum absolute atomic E-state index is 10.2. The van der Waals surface area contributed by atoms with Crippen LogP contribution in [0.25, 0.3) is 10.8 Å². The third-order valence-corrected chi connectivity index (χ3v) is 5.12. The molecule has 0 atom stereocenters. The molecule has 6 heteroatoms. The lowest BCUT2D eigenvalue weighted by atomic mass is 10.0. The zero-order chi connectivity index (χ0) is 20.7. The summed E-state index contributed by atoms with van der Waals surface area (Å²) < 4.78 is 0. The number of rotatable bonds is 3. The fourth-order valence-electron chi connectivity index (χ4n) is 3.61. The summed E-state index contributed by atoms with van der Waals surface area (Å²) in [4.78, 5) is 4.63. The maximum Gasteiger partial charge on any atom is 0.147 e. The van der Waals surface area contributed by atoms with Crippen molar-refractivity contribution in [2.24, 2.45) is 15.2 Å². The van der Waals surface area contributed by atoms with E-state index in [9.17, 15) is 15.3 Å². The number of phenolic OH excluding ortho intramolecular Hbond substituents is 3. The molecule has 0 spiro atoms. The van der Waals surface area contributed by atoms with E-state index in [2.05, 4.69) is 15.2 Å². The summed E-state index contributed by atoms with van der Waals surface area (Å²) in [5.41, 5.74) is 4.72. The van der Waals surface area contributed by atoms with Gasteiger partial charge in [0.2, 0.25) is 0 Å². The van der Waals surface area contributed by atoms with Crippen LogP contribution in [0.2, 0.25) is 0 Å². The number of hydrogen-bond donors (Lipinski definition) is 3. The van der Waals surface area contributed by atoms with E-state index in [1.165, 1.54) is 6.07 Å². The van der Waals surface area contributed by atoms with Crippen molar-refractivity contribution in [2.75, 3.05) is 0 Å². The van der Waals surface area contributed by atoms with Gasteiger partial charge in [-0.1, -0.05) is 36.4 Å². The van der Waals surface area contributed by atoms with Gasteiger partial charge in [0.05, 0.1) is 17.1 Å². The Bertz CT molecular complexity index is 1340. The highest BCUT2D eigenvalue weighted by molar-refractivity contribution is 6.06. The highest BCUT2D eigenvalue weighted by Gasteiger charge is 2.16. The van der Waals surface area contributed by atoms with E-state index in [4.69, 9.17) is 0 Å². The molecule has 1 aliphatic heterocycles. The molecule has 0 aliphatic carbocycles. The molecule has 4 aromatic rings. The fourth-order valence-corrected chi connectivity index (χ4v) is 3.61. The van der Waals surface area contributed by atoms with Gasteiger partial charge < -0.3 is 15.3 Å². The Morgan fingerprint density at radius 3 is 2.30 bits per heavy atom. The van der Waals surface area contributed by atoms with Gasteiger partial charge in [-0.3, -0.25) is 4.99 Å². The molecule has 0 bridgehead atoms. The molecular weight excluding hydrogens is 378 g/mol. The number of fused-ring (bicyclic) bond motifs is 2. The molecule has 146 valence electrons. The second-order valence-electron chi connectivity index (χ2n) is 7.10. The molecule has 5 rings (SSSR count). The van der Waals surface area contributed by atoms with Crippen molar-refractivity contribution >= 4 is 33.5 Å². The maximum atomic E-state index is 10.2. The van der Waals surface area contributed by atoms with Gasteiger partial charge in [-0.25, -0.2) is 0 Å². The van der Waals surface area contributed by atoms with E-state index in [0.29, 0.717) is 28.6 Å². The number of hydrogen-bond acceptors (Lipinski definition) is 6. The van der Waals surface area contributed by atoms with Crippen molar-refractivity contribution in [2.45, 2.75) is 6.42 Å². The van der Waals surface area contributed by atoms with Crippen LogP contribution in [0, 0.1) is 0 Å². The third kappa shape index (κ3) is 3.14. The first kappa shape index (κ1) is 17.9. The van der Waals surface area contributed by atoms with Crippen LogP contribution < -0.4 is 0 Å². The summed E-state index contributed by atoms with van der Waals surface area (Å²) in [6, 6.07) is 21.1. The smallest absolute Gasteiger partial charge is 0.147 e. The highest BCUT2D eigenvalue weighted by Crippen LogP contribution is 2.41. The van der Waals surface area contributed by atoms with Crippen LogP contribution in [0.3, 0.4) is 0 Å².